The van der Waals surface area contributed by atoms with E-state index in [4.69, 9.17) is 59.1 Å². The van der Waals surface area contributed by atoms with E-state index in [2.05, 4.69) is 20.6 Å². The van der Waals surface area contributed by atoms with Crippen LogP contribution >= 0.6 is 0 Å². The molecule has 2 heterocycles. The molecule has 0 fully saturated rings. The first-order valence-corrected chi connectivity index (χ1v) is 18.8. The summed E-state index contributed by atoms with van der Waals surface area (Å²) in [5.74, 6) is -8.54. The number of carboxylic acid groups (broad SMARTS) is 6. The number of aromatic nitrogens is 2. The Kier molecular flexibility index (Phi) is 23.1. The van der Waals surface area contributed by atoms with Crippen LogP contribution in [-0.4, -0.2) is 179 Å². The topological polar surface area (TPSA) is 363 Å². The van der Waals surface area contributed by atoms with Crippen molar-refractivity contribution in [1.82, 2.24) is 20.6 Å². The standard InChI is InChI=1S/C38H50N4O20/c43-29(44)3-11-57-19-37(20-58-12-4-30(45)46,21-59-13-5-31(47)48)41-35(55)25-1-9-39-27(17-25)28-18-26(2-10-40-28)36(56)42-38(22-60-14-6-32(49)50,23-61-15-7-33(51)52)24-62-16-8-34(53)54/h1-2,9-10,17-18H,3-8,11-16,19-24H2,(H,41,55)(H,42,56)(H,43,44)(H,45,46)(H,47,48)(H,49,50)(H,51,52)(H,53,54). The summed E-state index contributed by atoms with van der Waals surface area (Å²) >= 11 is 0. The number of carboxylic acids is 6. The Bertz CT molecular complexity index is 1580. The van der Waals surface area contributed by atoms with E-state index < -0.39 is 137 Å². The molecule has 0 unspecified atom stereocenters. The van der Waals surface area contributed by atoms with Crippen LogP contribution in [0.15, 0.2) is 36.7 Å². The van der Waals surface area contributed by atoms with Crippen molar-refractivity contribution >= 4 is 47.6 Å². The third kappa shape index (κ3) is 21.4. The number of rotatable bonds is 35. The van der Waals surface area contributed by atoms with Crippen molar-refractivity contribution in [2.45, 2.75) is 49.6 Å². The van der Waals surface area contributed by atoms with Crippen LogP contribution in [0.5, 0.6) is 0 Å². The van der Waals surface area contributed by atoms with Gasteiger partial charge in [-0.1, -0.05) is 0 Å². The van der Waals surface area contributed by atoms with E-state index in [1.807, 2.05) is 0 Å². The number of ether oxygens (including phenoxy) is 6. The van der Waals surface area contributed by atoms with Gasteiger partial charge in [-0.2, -0.15) is 0 Å². The highest BCUT2D eigenvalue weighted by Gasteiger charge is 2.36. The summed E-state index contributed by atoms with van der Waals surface area (Å²) in [4.78, 5) is 103. The van der Waals surface area contributed by atoms with E-state index in [1.54, 1.807) is 0 Å². The van der Waals surface area contributed by atoms with Crippen LogP contribution in [0.1, 0.15) is 59.2 Å². The largest absolute Gasteiger partial charge is 0.481 e. The van der Waals surface area contributed by atoms with Gasteiger partial charge in [0.2, 0.25) is 0 Å². The summed E-state index contributed by atoms with van der Waals surface area (Å²) in [5.41, 5.74) is -3.05. The lowest BCUT2D eigenvalue weighted by atomic mass is 10.0. The molecule has 24 heteroatoms. The van der Waals surface area contributed by atoms with Crippen molar-refractivity contribution in [3.8, 4) is 11.4 Å². The molecule has 62 heavy (non-hydrogen) atoms. The minimum absolute atomic E-state index is 0.0211. The van der Waals surface area contributed by atoms with Crippen LogP contribution in [0.3, 0.4) is 0 Å². The van der Waals surface area contributed by atoms with Gasteiger partial charge >= 0.3 is 35.8 Å². The summed E-state index contributed by atoms with van der Waals surface area (Å²) in [6.45, 7) is -4.14. The van der Waals surface area contributed by atoms with Crippen LogP contribution in [0.4, 0.5) is 0 Å². The molecule has 0 aliphatic rings. The Morgan fingerprint density at radius 2 is 0.645 bits per heavy atom. The molecule has 2 aromatic heterocycles. The van der Waals surface area contributed by atoms with Gasteiger partial charge in [-0.3, -0.25) is 48.3 Å². The maximum Gasteiger partial charge on any atom is 0.305 e. The lowest BCUT2D eigenvalue weighted by molar-refractivity contribution is -0.141. The zero-order chi connectivity index (χ0) is 46.0. The second kappa shape index (κ2) is 27.6. The zero-order valence-corrected chi connectivity index (χ0v) is 33.5. The number of carbonyl (C=O) groups excluding carboxylic acids is 2. The molecule has 0 aliphatic carbocycles. The molecular formula is C38H50N4O20. The molecule has 0 aromatic carbocycles. The number of nitrogens with zero attached hydrogens (tertiary/aromatic N) is 2. The first kappa shape index (κ1) is 52.0. The zero-order valence-electron chi connectivity index (χ0n) is 33.5. The Morgan fingerprint density at radius 3 is 0.855 bits per heavy atom. The molecule has 0 radical (unpaired) electrons. The van der Waals surface area contributed by atoms with Gasteiger partial charge in [0.1, 0.15) is 11.1 Å². The average Bonchev–Trinajstić information content (AvgIpc) is 3.21. The van der Waals surface area contributed by atoms with Crippen molar-refractivity contribution in [1.29, 1.82) is 0 Å². The van der Waals surface area contributed by atoms with E-state index in [9.17, 15) is 38.4 Å². The molecular weight excluding hydrogens is 832 g/mol. The minimum Gasteiger partial charge on any atom is -0.481 e. The molecule has 24 nitrogen and oxygen atoms in total. The predicted molar refractivity (Wildman–Crippen MR) is 206 cm³/mol. The van der Waals surface area contributed by atoms with Crippen molar-refractivity contribution in [2.24, 2.45) is 0 Å². The van der Waals surface area contributed by atoms with Crippen molar-refractivity contribution in [2.75, 3.05) is 79.3 Å². The fourth-order valence-electron chi connectivity index (χ4n) is 5.08. The highest BCUT2D eigenvalue weighted by molar-refractivity contribution is 5.97. The van der Waals surface area contributed by atoms with Gasteiger partial charge in [-0.15, -0.1) is 0 Å². The van der Waals surface area contributed by atoms with E-state index in [1.165, 1.54) is 36.7 Å². The number of hydrogen-bond donors (Lipinski definition) is 8. The normalized spacial score (nSPS) is 11.4. The number of aliphatic carboxylic acids is 6. The van der Waals surface area contributed by atoms with Crippen molar-refractivity contribution in [3.63, 3.8) is 0 Å². The Morgan fingerprint density at radius 1 is 0.419 bits per heavy atom. The first-order chi connectivity index (χ1) is 29.4. The molecule has 0 saturated heterocycles. The number of hydrogen-bond acceptors (Lipinski definition) is 16. The van der Waals surface area contributed by atoms with Crippen LogP contribution in [0, 0.1) is 0 Å². The fraction of sp³-hybridized carbons (Fsp3) is 0.526. The van der Waals surface area contributed by atoms with E-state index >= 15 is 0 Å². The summed E-state index contributed by atoms with van der Waals surface area (Å²) < 4.78 is 33.2. The second-order valence-electron chi connectivity index (χ2n) is 13.5. The molecule has 2 aromatic rings. The van der Waals surface area contributed by atoms with Gasteiger partial charge in [0.15, 0.2) is 0 Å². The molecule has 0 spiro atoms. The Balaban J connectivity index is 2.44. The molecule has 0 aliphatic heterocycles. The van der Waals surface area contributed by atoms with E-state index in [0.29, 0.717) is 0 Å². The Labute approximate surface area is 353 Å². The minimum atomic E-state index is -1.59. The van der Waals surface area contributed by atoms with Gasteiger partial charge in [0.25, 0.3) is 11.8 Å². The highest BCUT2D eigenvalue weighted by atomic mass is 16.5. The molecule has 8 N–H and O–H groups in total. The number of carbonyl (C=O) groups is 8. The third-order valence-electron chi connectivity index (χ3n) is 8.10. The lowest BCUT2D eigenvalue weighted by Crippen LogP contribution is -2.58. The summed E-state index contributed by atoms with van der Waals surface area (Å²) in [7, 11) is 0. The predicted octanol–water partition coefficient (Wildman–Crippen LogP) is 0.0286. The highest BCUT2D eigenvalue weighted by Crippen LogP contribution is 2.20. The SMILES string of the molecule is O=C(O)CCOCC(COCCC(=O)O)(COCCC(=O)O)NC(=O)c1ccnc(-c2cc(C(=O)NC(COCCC(=O)O)(COCCC(=O)O)COCCC(=O)O)ccn2)c1. The van der Waals surface area contributed by atoms with Crippen molar-refractivity contribution in [3.05, 3.63) is 47.8 Å². The van der Waals surface area contributed by atoms with E-state index in [-0.39, 0.29) is 62.2 Å². The molecule has 0 atom stereocenters. The molecule has 0 saturated carbocycles. The van der Waals surface area contributed by atoms with Gasteiger partial charge in [-0.25, -0.2) is 0 Å². The first-order valence-electron chi connectivity index (χ1n) is 18.8. The quantitative estimate of drug-likeness (QED) is 0.0423. The number of amides is 2. The summed E-state index contributed by atoms with van der Waals surface area (Å²) in [5, 5.41) is 59.8. The fourth-order valence-corrected chi connectivity index (χ4v) is 5.08. The smallest absolute Gasteiger partial charge is 0.305 e. The van der Waals surface area contributed by atoms with E-state index in [0.717, 1.165) is 0 Å². The van der Waals surface area contributed by atoms with Crippen LogP contribution in [0.2, 0.25) is 0 Å². The van der Waals surface area contributed by atoms with Gasteiger partial charge in [0, 0.05) is 23.5 Å². The third-order valence-corrected chi connectivity index (χ3v) is 8.10. The molecule has 2 rings (SSSR count). The van der Waals surface area contributed by atoms with Crippen LogP contribution < -0.4 is 10.6 Å². The van der Waals surface area contributed by atoms with Crippen LogP contribution in [-0.2, 0) is 57.2 Å². The average molecular weight is 883 g/mol. The number of nitrogens with one attached hydrogen (secondary N) is 2. The lowest BCUT2D eigenvalue weighted by Gasteiger charge is -2.34. The van der Waals surface area contributed by atoms with Gasteiger partial charge in [-0.05, 0) is 24.3 Å². The van der Waals surface area contributed by atoms with Crippen molar-refractivity contribution < 1.29 is 97.4 Å². The van der Waals surface area contributed by atoms with Crippen LogP contribution in [0.25, 0.3) is 11.4 Å². The molecule has 2 amide bonds. The second-order valence-corrected chi connectivity index (χ2v) is 13.5. The van der Waals surface area contributed by atoms with Gasteiger partial charge in [0.05, 0.1) is 129 Å². The summed E-state index contributed by atoms with van der Waals surface area (Å²) in [6.07, 6.45) is 0.134. The number of pyridine rings is 2. The molecule has 342 valence electrons. The Hall–Kier alpha value is -6.18. The summed E-state index contributed by atoms with van der Waals surface area (Å²) in [6, 6.07) is 5.29. The maximum absolute atomic E-state index is 13.8. The monoisotopic (exact) mass is 882 g/mol. The maximum atomic E-state index is 13.8. The van der Waals surface area contributed by atoms with Gasteiger partial charge < -0.3 is 69.7 Å². The molecule has 0 bridgehead atoms.